The molecule has 0 spiro atoms. The minimum absolute atomic E-state index is 0.541. The minimum atomic E-state index is 0.541. The predicted molar refractivity (Wildman–Crippen MR) is 124 cm³/mol. The molecular formula is C25H20N4OS. The molecule has 2 aromatic carbocycles. The number of thiophene rings is 1. The quantitative estimate of drug-likeness (QED) is 0.349. The molecule has 0 fully saturated rings. The van der Waals surface area contributed by atoms with Gasteiger partial charge in [0.2, 0.25) is 0 Å². The molecule has 5 nitrogen and oxygen atoms in total. The maximum atomic E-state index is 6.19. The number of hydrogen-bond donors (Lipinski definition) is 2. The van der Waals surface area contributed by atoms with Gasteiger partial charge in [-0.2, -0.15) is 0 Å². The Bertz CT molecular complexity index is 1520. The number of benzene rings is 2. The molecule has 1 aliphatic carbocycles. The minimum Gasteiger partial charge on any atom is -0.485 e. The number of nitrogens with zero attached hydrogens (tertiary/aromatic N) is 2. The highest BCUT2D eigenvalue weighted by atomic mass is 32.1. The van der Waals surface area contributed by atoms with E-state index in [4.69, 9.17) is 14.7 Å². The maximum Gasteiger partial charge on any atom is 0.147 e. The molecule has 0 amide bonds. The molecule has 0 unspecified atom stereocenters. The summed E-state index contributed by atoms with van der Waals surface area (Å²) >= 11 is 1.80. The van der Waals surface area contributed by atoms with E-state index in [1.807, 2.05) is 13.8 Å². The van der Waals surface area contributed by atoms with E-state index in [1.54, 1.807) is 11.3 Å². The number of aromatic nitrogens is 4. The van der Waals surface area contributed by atoms with Crippen molar-refractivity contribution in [1.29, 1.82) is 0 Å². The van der Waals surface area contributed by atoms with Gasteiger partial charge in [-0.1, -0.05) is 18.2 Å². The zero-order chi connectivity index (χ0) is 20.7. The van der Waals surface area contributed by atoms with Crippen molar-refractivity contribution in [3.05, 3.63) is 65.0 Å². The number of ether oxygens (including phenoxy) is 1. The summed E-state index contributed by atoms with van der Waals surface area (Å²) in [5.74, 6) is 2.88. The van der Waals surface area contributed by atoms with E-state index < -0.39 is 0 Å². The molecule has 1 aliphatic heterocycles. The van der Waals surface area contributed by atoms with Gasteiger partial charge in [0.25, 0.3) is 0 Å². The number of aromatic amines is 2. The summed E-state index contributed by atoms with van der Waals surface area (Å²) in [6.45, 7) is 4.56. The molecule has 5 aromatic rings. The van der Waals surface area contributed by atoms with Gasteiger partial charge in [0.1, 0.15) is 24.0 Å². The van der Waals surface area contributed by atoms with Crippen LogP contribution in [0.5, 0.6) is 5.75 Å². The zero-order valence-electron chi connectivity index (χ0n) is 17.3. The molecule has 0 saturated heterocycles. The van der Waals surface area contributed by atoms with E-state index >= 15 is 0 Å². The lowest BCUT2D eigenvalue weighted by molar-refractivity contribution is 0.302. The number of imidazole rings is 2. The number of nitrogens with one attached hydrogen (secondary N) is 2. The van der Waals surface area contributed by atoms with Crippen LogP contribution in [0.1, 0.15) is 28.6 Å². The maximum absolute atomic E-state index is 6.19. The van der Waals surface area contributed by atoms with Gasteiger partial charge < -0.3 is 14.7 Å². The highest BCUT2D eigenvalue weighted by molar-refractivity contribution is 7.22. The normalized spacial score (nSPS) is 14.0. The lowest BCUT2D eigenvalue weighted by atomic mass is 9.90. The largest absolute Gasteiger partial charge is 0.485 e. The summed E-state index contributed by atoms with van der Waals surface area (Å²) in [7, 11) is 0. The van der Waals surface area contributed by atoms with Gasteiger partial charge in [0.15, 0.2) is 0 Å². The van der Waals surface area contributed by atoms with Crippen LogP contribution in [-0.4, -0.2) is 19.9 Å². The lowest BCUT2D eigenvalue weighted by Crippen LogP contribution is -2.05. The third kappa shape index (κ3) is 2.48. The summed E-state index contributed by atoms with van der Waals surface area (Å²) in [5.41, 5.74) is 9.44. The average molecular weight is 425 g/mol. The molecule has 0 saturated carbocycles. The molecule has 31 heavy (non-hydrogen) atoms. The summed E-state index contributed by atoms with van der Waals surface area (Å²) in [4.78, 5) is 17.4. The standard InChI is InChI=1S/C25H20N4OS/c1-12-26-19-8-5-14-9-15(3-6-17(14)22(19)28-12)21-10-16-4-7-18-23-20(27-13(2)29-23)11-30-24(18)25(16)31-21/h3-4,6-7,9-10H,5,8,11H2,1-2H3,(H,26,28)(H,27,29). The molecule has 0 radical (unpaired) electrons. The molecule has 0 bridgehead atoms. The fraction of sp³-hybridized carbons (Fsp3) is 0.200. The Kier molecular flexibility index (Phi) is 3.39. The van der Waals surface area contributed by atoms with Crippen LogP contribution in [0.3, 0.4) is 0 Å². The molecule has 4 heterocycles. The first-order valence-electron chi connectivity index (χ1n) is 10.6. The highest BCUT2D eigenvalue weighted by Gasteiger charge is 2.25. The van der Waals surface area contributed by atoms with Crippen LogP contribution in [0.25, 0.3) is 43.0 Å². The first-order chi connectivity index (χ1) is 15.1. The third-order valence-corrected chi connectivity index (χ3v) is 7.54. The molecule has 2 N–H and O–H groups in total. The molecule has 7 rings (SSSR count). The molecular weight excluding hydrogens is 404 g/mol. The lowest BCUT2D eigenvalue weighted by Gasteiger charge is -2.17. The number of H-pyrrole nitrogens is 2. The Hall–Kier alpha value is -3.38. The van der Waals surface area contributed by atoms with E-state index in [0.717, 1.165) is 52.9 Å². The molecule has 6 heteroatoms. The first-order valence-corrected chi connectivity index (χ1v) is 11.4. The van der Waals surface area contributed by atoms with Crippen LogP contribution in [0.15, 0.2) is 36.4 Å². The third-order valence-electron chi connectivity index (χ3n) is 6.34. The Morgan fingerprint density at radius 1 is 0.871 bits per heavy atom. The van der Waals surface area contributed by atoms with Crippen molar-refractivity contribution >= 4 is 21.4 Å². The van der Waals surface area contributed by atoms with Crippen molar-refractivity contribution in [3.8, 4) is 38.7 Å². The van der Waals surface area contributed by atoms with Gasteiger partial charge in [-0.05, 0) is 61.4 Å². The second kappa shape index (κ2) is 6.08. The number of fused-ring (bicyclic) bond motifs is 8. The van der Waals surface area contributed by atoms with E-state index in [1.165, 1.54) is 37.3 Å². The SMILES string of the molecule is Cc1nc2c([nH]1)CCc1cc(-c3cc4ccc5c(c4s3)OCc3[nH]c(C)nc3-5)ccc1-2. The number of hydrogen-bond acceptors (Lipinski definition) is 4. The van der Waals surface area contributed by atoms with E-state index in [-0.39, 0.29) is 0 Å². The van der Waals surface area contributed by atoms with Crippen molar-refractivity contribution in [2.75, 3.05) is 0 Å². The predicted octanol–water partition coefficient (Wildman–Crippen LogP) is 5.96. The van der Waals surface area contributed by atoms with E-state index in [0.29, 0.717) is 6.61 Å². The van der Waals surface area contributed by atoms with Crippen LogP contribution in [0.4, 0.5) is 0 Å². The second-order valence-corrected chi connectivity index (χ2v) is 9.48. The zero-order valence-corrected chi connectivity index (χ0v) is 18.1. The Labute approximate surface area is 183 Å². The van der Waals surface area contributed by atoms with Crippen molar-refractivity contribution < 1.29 is 4.74 Å². The van der Waals surface area contributed by atoms with E-state index in [9.17, 15) is 0 Å². The Morgan fingerprint density at radius 2 is 1.65 bits per heavy atom. The smallest absolute Gasteiger partial charge is 0.147 e. The highest BCUT2D eigenvalue weighted by Crippen LogP contribution is 2.47. The van der Waals surface area contributed by atoms with Crippen molar-refractivity contribution in [3.63, 3.8) is 0 Å². The van der Waals surface area contributed by atoms with Gasteiger partial charge in [0.05, 0.1) is 21.8 Å². The fourth-order valence-corrected chi connectivity index (χ4v) is 6.11. The summed E-state index contributed by atoms with van der Waals surface area (Å²) in [5, 5.41) is 1.22. The van der Waals surface area contributed by atoms with E-state index in [2.05, 4.69) is 46.4 Å². The molecule has 3 aromatic heterocycles. The monoisotopic (exact) mass is 424 g/mol. The summed E-state index contributed by atoms with van der Waals surface area (Å²) in [6, 6.07) is 13.4. The van der Waals surface area contributed by atoms with Crippen LogP contribution >= 0.6 is 11.3 Å². The second-order valence-electron chi connectivity index (χ2n) is 8.43. The van der Waals surface area contributed by atoms with Gasteiger partial charge in [-0.15, -0.1) is 11.3 Å². The first kappa shape index (κ1) is 17.3. The Balaban J connectivity index is 1.35. The van der Waals surface area contributed by atoms with Gasteiger partial charge >= 0.3 is 0 Å². The van der Waals surface area contributed by atoms with Gasteiger partial charge in [-0.3, -0.25) is 0 Å². The molecule has 2 aliphatic rings. The fourth-order valence-electron chi connectivity index (χ4n) is 4.95. The van der Waals surface area contributed by atoms with Gasteiger partial charge in [0, 0.05) is 21.7 Å². The molecule has 152 valence electrons. The summed E-state index contributed by atoms with van der Waals surface area (Å²) < 4.78 is 7.38. The van der Waals surface area contributed by atoms with Crippen LogP contribution in [-0.2, 0) is 19.4 Å². The van der Waals surface area contributed by atoms with Crippen LogP contribution in [0, 0.1) is 13.8 Å². The Morgan fingerprint density at radius 3 is 2.52 bits per heavy atom. The van der Waals surface area contributed by atoms with Crippen LogP contribution < -0.4 is 4.74 Å². The van der Waals surface area contributed by atoms with Gasteiger partial charge in [-0.25, -0.2) is 9.97 Å². The van der Waals surface area contributed by atoms with Crippen molar-refractivity contribution in [2.24, 2.45) is 0 Å². The van der Waals surface area contributed by atoms with Crippen molar-refractivity contribution in [2.45, 2.75) is 33.3 Å². The average Bonchev–Trinajstić information content (AvgIpc) is 3.47. The van der Waals surface area contributed by atoms with Crippen LogP contribution in [0.2, 0.25) is 0 Å². The van der Waals surface area contributed by atoms with Crippen molar-refractivity contribution in [1.82, 2.24) is 19.9 Å². The number of aryl methyl sites for hydroxylation is 4. The topological polar surface area (TPSA) is 66.6 Å². The summed E-state index contributed by atoms with van der Waals surface area (Å²) in [6.07, 6.45) is 2.06. The number of rotatable bonds is 1. The molecule has 0 atom stereocenters.